The highest BCUT2D eigenvalue weighted by molar-refractivity contribution is 5.88. The van der Waals surface area contributed by atoms with Gasteiger partial charge in [-0.1, -0.05) is 6.07 Å². The average molecular weight is 445 g/mol. The van der Waals surface area contributed by atoms with Gasteiger partial charge < -0.3 is 19.5 Å². The lowest BCUT2D eigenvalue weighted by Crippen LogP contribution is -2.38. The van der Waals surface area contributed by atoms with E-state index in [1.165, 1.54) is 32.2 Å². The number of benzene rings is 1. The summed E-state index contributed by atoms with van der Waals surface area (Å²) in [4.78, 5) is 32.7. The molecule has 0 saturated heterocycles. The van der Waals surface area contributed by atoms with Crippen molar-refractivity contribution in [3.8, 4) is 11.5 Å². The highest BCUT2D eigenvalue weighted by Crippen LogP contribution is 2.31. The minimum atomic E-state index is -5.28. The zero-order chi connectivity index (χ0) is 23.1. The van der Waals surface area contributed by atoms with Gasteiger partial charge in [-0.05, 0) is 31.0 Å². The summed E-state index contributed by atoms with van der Waals surface area (Å²) in [6.07, 6.45) is -10.9. The van der Waals surface area contributed by atoms with Crippen LogP contribution in [0, 0.1) is 0 Å². The third kappa shape index (κ3) is 7.79. The van der Waals surface area contributed by atoms with Gasteiger partial charge in [0, 0.05) is 6.42 Å². The summed E-state index contributed by atoms with van der Waals surface area (Å²) in [5, 5.41) is 1.78. The van der Waals surface area contributed by atoms with Gasteiger partial charge in [-0.3, -0.25) is 9.59 Å². The van der Waals surface area contributed by atoms with Crippen molar-refractivity contribution in [2.45, 2.75) is 38.2 Å². The summed E-state index contributed by atoms with van der Waals surface area (Å²) in [6, 6.07) is 3.04. The van der Waals surface area contributed by atoms with Gasteiger partial charge in [0.15, 0.2) is 11.5 Å². The Hall–Kier alpha value is -2.99. The van der Waals surface area contributed by atoms with Crippen molar-refractivity contribution >= 4 is 17.8 Å². The van der Waals surface area contributed by atoms with Crippen LogP contribution in [0.15, 0.2) is 18.2 Å². The quantitative estimate of drug-likeness (QED) is 0.286. The molecule has 0 aromatic heterocycles. The van der Waals surface area contributed by atoms with E-state index in [-0.39, 0.29) is 30.1 Å². The predicted octanol–water partition coefficient (Wildman–Crippen LogP) is 3.23. The molecule has 1 amide bonds. The van der Waals surface area contributed by atoms with Gasteiger partial charge in [0.2, 0.25) is 0 Å². The smallest absolute Gasteiger partial charge is 0.491 e. The first-order valence-electron chi connectivity index (χ1n) is 8.26. The van der Waals surface area contributed by atoms with Crippen LogP contribution in [0.5, 0.6) is 11.5 Å². The molecule has 0 bridgehead atoms. The molecule has 30 heavy (non-hydrogen) atoms. The Balaban J connectivity index is 2.61. The number of hydrogen-bond donors (Lipinski definition) is 1. The lowest BCUT2D eigenvalue weighted by Gasteiger charge is -2.18. The van der Waals surface area contributed by atoms with E-state index in [1.54, 1.807) is 5.32 Å². The first kappa shape index (κ1) is 25.0. The van der Waals surface area contributed by atoms with Crippen molar-refractivity contribution in [3.63, 3.8) is 0 Å². The summed E-state index contributed by atoms with van der Waals surface area (Å²) < 4.78 is 86.9. The Morgan fingerprint density at radius 1 is 1.03 bits per heavy atom. The van der Waals surface area contributed by atoms with Crippen LogP contribution in [-0.2, 0) is 19.1 Å². The molecule has 0 saturated carbocycles. The first-order valence-corrected chi connectivity index (χ1v) is 8.26. The zero-order valence-electron chi connectivity index (χ0n) is 15.6. The van der Waals surface area contributed by atoms with Crippen molar-refractivity contribution in [2.75, 3.05) is 13.7 Å². The average Bonchev–Trinajstić information content (AvgIpc) is 2.63. The van der Waals surface area contributed by atoms with E-state index in [0.717, 1.165) is 0 Å². The Kier molecular flexibility index (Phi) is 8.49. The van der Waals surface area contributed by atoms with Crippen molar-refractivity contribution in [1.29, 1.82) is 0 Å². The molecule has 1 atom stereocenters. The fourth-order valence-electron chi connectivity index (χ4n) is 2.05. The molecule has 0 aliphatic rings. The summed E-state index contributed by atoms with van der Waals surface area (Å²) in [7, 11) is 1.26. The number of amides is 1. The first-order chi connectivity index (χ1) is 13.8. The largest absolute Gasteiger partial charge is 0.493 e. The molecule has 1 aromatic rings. The summed E-state index contributed by atoms with van der Waals surface area (Å²) in [6.45, 7) is 1.16. The maximum Gasteiger partial charge on any atom is 0.491 e. The second-order valence-corrected chi connectivity index (χ2v) is 5.81. The van der Waals surface area contributed by atoms with Gasteiger partial charge in [0.1, 0.15) is 0 Å². The lowest BCUT2D eigenvalue weighted by atomic mass is 10.1. The van der Waals surface area contributed by atoms with E-state index in [4.69, 9.17) is 9.47 Å². The molecule has 168 valence electrons. The monoisotopic (exact) mass is 445 g/mol. The van der Waals surface area contributed by atoms with Crippen molar-refractivity contribution in [1.82, 2.24) is 5.32 Å². The molecule has 0 heterocycles. The minimum Gasteiger partial charge on any atom is -0.493 e. The molecule has 0 radical (unpaired) electrons. The Morgan fingerprint density at radius 2 is 1.67 bits per heavy atom. The standard InChI is InChI=1S/C17H17F6NO6/c1-9(24-14(26)16(18,19)20)10-5-6-11(12(8-10)28-2)29-7-3-4-13(25)30-15(27)17(21,22)23/h5-6,8-9H,3-4,7H2,1-2H3,(H,24,26). The number of halogens is 6. The number of esters is 2. The van der Waals surface area contributed by atoms with Crippen LogP contribution in [0.25, 0.3) is 0 Å². The second-order valence-electron chi connectivity index (χ2n) is 5.81. The number of hydrogen-bond acceptors (Lipinski definition) is 6. The summed E-state index contributed by atoms with van der Waals surface area (Å²) in [5.74, 6) is -5.86. The molecule has 1 aromatic carbocycles. The van der Waals surface area contributed by atoms with Crippen molar-refractivity contribution in [2.24, 2.45) is 0 Å². The number of alkyl halides is 6. The molecule has 0 spiro atoms. The molecule has 0 aliphatic carbocycles. The minimum absolute atomic E-state index is 0.0904. The van der Waals surface area contributed by atoms with Gasteiger partial charge >= 0.3 is 30.2 Å². The van der Waals surface area contributed by atoms with Crippen LogP contribution in [0.2, 0.25) is 0 Å². The number of rotatable bonds is 8. The third-order valence-corrected chi connectivity index (χ3v) is 3.51. The summed E-state index contributed by atoms with van der Waals surface area (Å²) in [5.41, 5.74) is 0.283. The maximum absolute atomic E-state index is 12.3. The van der Waals surface area contributed by atoms with E-state index in [2.05, 4.69) is 4.74 Å². The van der Waals surface area contributed by atoms with Gasteiger partial charge in [-0.15, -0.1) is 0 Å². The topological polar surface area (TPSA) is 90.9 Å². The van der Waals surface area contributed by atoms with Crippen LogP contribution < -0.4 is 14.8 Å². The number of carbonyl (C=O) groups excluding carboxylic acids is 3. The summed E-state index contributed by atoms with van der Waals surface area (Å²) >= 11 is 0. The van der Waals surface area contributed by atoms with Crippen molar-refractivity contribution < 1.29 is 54.9 Å². The molecule has 0 aliphatic heterocycles. The van der Waals surface area contributed by atoms with Crippen LogP contribution in [0.1, 0.15) is 31.4 Å². The Morgan fingerprint density at radius 3 is 2.20 bits per heavy atom. The highest BCUT2D eigenvalue weighted by atomic mass is 19.4. The fraction of sp³-hybridized carbons (Fsp3) is 0.471. The maximum atomic E-state index is 12.3. The van der Waals surface area contributed by atoms with E-state index in [1.807, 2.05) is 0 Å². The molecule has 1 unspecified atom stereocenters. The third-order valence-electron chi connectivity index (χ3n) is 3.51. The van der Waals surface area contributed by atoms with E-state index < -0.39 is 42.7 Å². The second kappa shape index (κ2) is 10.2. The SMILES string of the molecule is COc1cc(C(C)NC(=O)C(F)(F)F)ccc1OCCCC(=O)OC(=O)C(F)(F)F. The predicted molar refractivity (Wildman–Crippen MR) is 87.5 cm³/mol. The normalized spacial score (nSPS) is 12.7. The van der Waals surface area contributed by atoms with Gasteiger partial charge in [-0.25, -0.2) is 4.79 Å². The molecule has 1 N–H and O–H groups in total. The van der Waals surface area contributed by atoms with Crippen molar-refractivity contribution in [3.05, 3.63) is 23.8 Å². The van der Waals surface area contributed by atoms with Gasteiger partial charge in [-0.2, -0.15) is 26.3 Å². The number of carbonyl (C=O) groups is 3. The lowest BCUT2D eigenvalue weighted by molar-refractivity contribution is -0.201. The van der Waals surface area contributed by atoms with Crippen LogP contribution >= 0.6 is 0 Å². The molecule has 0 fully saturated rings. The van der Waals surface area contributed by atoms with Crippen LogP contribution in [-0.4, -0.2) is 43.9 Å². The van der Waals surface area contributed by atoms with E-state index >= 15 is 0 Å². The fourth-order valence-corrected chi connectivity index (χ4v) is 2.05. The van der Waals surface area contributed by atoms with E-state index in [9.17, 15) is 40.7 Å². The van der Waals surface area contributed by atoms with Crippen LogP contribution in [0.4, 0.5) is 26.3 Å². The number of nitrogens with one attached hydrogen (secondary N) is 1. The Bertz CT molecular complexity index is 777. The zero-order valence-corrected chi connectivity index (χ0v) is 15.6. The molecule has 13 heteroatoms. The molecule has 7 nitrogen and oxygen atoms in total. The molecular formula is C17H17F6NO6. The number of methoxy groups -OCH3 is 1. The van der Waals surface area contributed by atoms with Gasteiger partial charge in [0.05, 0.1) is 19.8 Å². The Labute approximate surface area is 166 Å². The number of ether oxygens (including phenoxy) is 3. The van der Waals surface area contributed by atoms with Gasteiger partial charge in [0.25, 0.3) is 0 Å². The highest BCUT2D eigenvalue weighted by Gasteiger charge is 2.42. The molecular weight excluding hydrogens is 428 g/mol. The van der Waals surface area contributed by atoms with Crippen LogP contribution in [0.3, 0.4) is 0 Å². The van der Waals surface area contributed by atoms with E-state index in [0.29, 0.717) is 0 Å². The molecule has 1 rings (SSSR count).